The first kappa shape index (κ1) is 20.6. The molecule has 8 aromatic rings. The SMILES string of the molecule is c1ccc(-c2nc3cc(-c4ccc5sc6ccccc6c5c4)ccc3c3c2ccc2cccnc23)cc1. The summed E-state index contributed by atoms with van der Waals surface area (Å²) in [7, 11) is 0. The zero-order chi connectivity index (χ0) is 24.3. The zero-order valence-corrected chi connectivity index (χ0v) is 20.7. The van der Waals surface area contributed by atoms with Crippen molar-refractivity contribution in [3.63, 3.8) is 0 Å². The number of aromatic nitrogens is 2. The maximum absolute atomic E-state index is 5.24. The Morgan fingerprint density at radius 1 is 0.514 bits per heavy atom. The van der Waals surface area contributed by atoms with Crippen molar-refractivity contribution in [3.8, 4) is 22.4 Å². The molecule has 0 unspecified atom stereocenters. The van der Waals surface area contributed by atoms with E-state index < -0.39 is 0 Å². The van der Waals surface area contributed by atoms with Crippen molar-refractivity contribution < 1.29 is 0 Å². The Morgan fingerprint density at radius 3 is 2.24 bits per heavy atom. The second-order valence-corrected chi connectivity index (χ2v) is 10.5. The van der Waals surface area contributed by atoms with Crippen molar-refractivity contribution in [3.05, 3.63) is 121 Å². The van der Waals surface area contributed by atoms with Crippen molar-refractivity contribution in [1.82, 2.24) is 9.97 Å². The van der Waals surface area contributed by atoms with Gasteiger partial charge in [-0.15, -0.1) is 11.3 Å². The summed E-state index contributed by atoms with van der Waals surface area (Å²) in [6.07, 6.45) is 1.88. The van der Waals surface area contributed by atoms with Gasteiger partial charge in [-0.05, 0) is 41.5 Å². The fourth-order valence-electron chi connectivity index (χ4n) is 5.53. The monoisotopic (exact) mass is 488 g/mol. The van der Waals surface area contributed by atoms with Crippen molar-refractivity contribution in [2.24, 2.45) is 0 Å². The van der Waals surface area contributed by atoms with Gasteiger partial charge in [-0.2, -0.15) is 0 Å². The lowest BCUT2D eigenvalue weighted by atomic mass is 9.95. The molecule has 0 spiro atoms. The number of fused-ring (bicyclic) bond motifs is 8. The van der Waals surface area contributed by atoms with Crippen LogP contribution in [0.25, 0.3) is 75.1 Å². The minimum absolute atomic E-state index is 0.984. The first-order valence-electron chi connectivity index (χ1n) is 12.4. The first-order chi connectivity index (χ1) is 18.3. The minimum Gasteiger partial charge on any atom is -0.256 e. The van der Waals surface area contributed by atoms with Crippen LogP contribution in [0.2, 0.25) is 0 Å². The van der Waals surface area contributed by atoms with E-state index in [0.717, 1.165) is 43.8 Å². The van der Waals surface area contributed by atoms with Gasteiger partial charge < -0.3 is 0 Å². The van der Waals surface area contributed by atoms with Crippen LogP contribution < -0.4 is 0 Å². The molecule has 3 aromatic heterocycles. The Balaban J connectivity index is 1.43. The Bertz CT molecular complexity index is 2140. The largest absolute Gasteiger partial charge is 0.256 e. The molecule has 5 aromatic carbocycles. The summed E-state index contributed by atoms with van der Waals surface area (Å²) in [5, 5.41) is 7.18. The van der Waals surface area contributed by atoms with Crippen molar-refractivity contribution >= 4 is 64.1 Å². The molecule has 0 atom stereocenters. The minimum atomic E-state index is 0.984. The normalized spacial score (nSPS) is 11.8. The topological polar surface area (TPSA) is 25.8 Å². The second-order valence-electron chi connectivity index (χ2n) is 9.43. The van der Waals surface area contributed by atoms with E-state index in [1.807, 2.05) is 29.7 Å². The average molecular weight is 489 g/mol. The van der Waals surface area contributed by atoms with Gasteiger partial charge in [-0.25, -0.2) is 4.98 Å². The molecular formula is C34H20N2S. The predicted molar refractivity (Wildman–Crippen MR) is 158 cm³/mol. The number of rotatable bonds is 2. The summed E-state index contributed by atoms with van der Waals surface area (Å²) in [6.45, 7) is 0. The summed E-state index contributed by atoms with van der Waals surface area (Å²) in [4.78, 5) is 10.0. The lowest BCUT2D eigenvalue weighted by Crippen LogP contribution is -1.92. The van der Waals surface area contributed by atoms with Gasteiger partial charge in [0.05, 0.1) is 16.7 Å². The highest BCUT2D eigenvalue weighted by Gasteiger charge is 2.15. The van der Waals surface area contributed by atoms with E-state index in [1.165, 1.54) is 31.3 Å². The molecule has 0 saturated carbocycles. The van der Waals surface area contributed by atoms with Gasteiger partial charge in [0.2, 0.25) is 0 Å². The summed E-state index contributed by atoms with van der Waals surface area (Å²) in [5.74, 6) is 0. The molecule has 0 fully saturated rings. The molecular weight excluding hydrogens is 468 g/mol. The fourth-order valence-corrected chi connectivity index (χ4v) is 6.62. The summed E-state index contributed by atoms with van der Waals surface area (Å²) in [5.41, 5.74) is 6.48. The molecule has 0 N–H and O–H groups in total. The predicted octanol–water partition coefficient (Wildman–Crippen LogP) is 9.64. The lowest BCUT2D eigenvalue weighted by molar-refractivity contribution is 1.41. The van der Waals surface area contributed by atoms with Gasteiger partial charge >= 0.3 is 0 Å². The summed E-state index contributed by atoms with van der Waals surface area (Å²) < 4.78 is 2.65. The third-order valence-electron chi connectivity index (χ3n) is 7.29. The molecule has 0 bridgehead atoms. The van der Waals surface area contributed by atoms with Crippen LogP contribution in [0.3, 0.4) is 0 Å². The standard InChI is InChI=1S/C34H20N2S/c1-2-7-21(8-3-1)33-27-16-12-22-9-6-18-35-34(22)32(27)26-15-13-24(20-29(26)36-33)23-14-17-31-28(19-23)25-10-4-5-11-30(25)37-31/h1-20H. The molecule has 0 aliphatic heterocycles. The van der Waals surface area contributed by atoms with Gasteiger partial charge in [0.25, 0.3) is 0 Å². The number of pyridine rings is 2. The van der Waals surface area contributed by atoms with E-state index in [4.69, 9.17) is 9.97 Å². The van der Waals surface area contributed by atoms with Crippen molar-refractivity contribution in [2.75, 3.05) is 0 Å². The van der Waals surface area contributed by atoms with Crippen LogP contribution >= 0.6 is 11.3 Å². The van der Waals surface area contributed by atoms with Crippen LogP contribution in [0.4, 0.5) is 0 Å². The van der Waals surface area contributed by atoms with Crippen LogP contribution in [0.5, 0.6) is 0 Å². The van der Waals surface area contributed by atoms with Gasteiger partial charge in [-0.1, -0.05) is 84.9 Å². The van der Waals surface area contributed by atoms with Crippen LogP contribution in [-0.4, -0.2) is 9.97 Å². The van der Waals surface area contributed by atoms with E-state index >= 15 is 0 Å². The Hall–Kier alpha value is -4.60. The van der Waals surface area contributed by atoms with Crippen LogP contribution in [-0.2, 0) is 0 Å². The van der Waals surface area contributed by atoms with E-state index in [1.54, 1.807) is 0 Å². The molecule has 8 rings (SSSR count). The highest BCUT2D eigenvalue weighted by molar-refractivity contribution is 7.25. The summed E-state index contributed by atoms with van der Waals surface area (Å²) >= 11 is 1.85. The third-order valence-corrected chi connectivity index (χ3v) is 8.44. The molecule has 0 saturated heterocycles. The van der Waals surface area contributed by atoms with E-state index in [2.05, 4.69) is 103 Å². The maximum atomic E-state index is 5.24. The Kier molecular flexibility index (Phi) is 4.42. The molecule has 0 amide bonds. The molecule has 3 heteroatoms. The molecule has 0 aliphatic rings. The molecule has 2 nitrogen and oxygen atoms in total. The van der Waals surface area contributed by atoms with Gasteiger partial charge in [0.1, 0.15) is 0 Å². The fraction of sp³-hybridized carbons (Fsp3) is 0. The summed E-state index contributed by atoms with van der Waals surface area (Å²) in [6, 6.07) is 41.1. The second kappa shape index (κ2) is 7.95. The van der Waals surface area contributed by atoms with Gasteiger partial charge in [-0.3, -0.25) is 4.98 Å². The smallest absolute Gasteiger partial charge is 0.0788 e. The first-order valence-corrected chi connectivity index (χ1v) is 13.2. The van der Waals surface area contributed by atoms with Gasteiger partial charge in [0.15, 0.2) is 0 Å². The van der Waals surface area contributed by atoms with Crippen molar-refractivity contribution in [2.45, 2.75) is 0 Å². The molecule has 37 heavy (non-hydrogen) atoms. The number of nitrogens with zero attached hydrogens (tertiary/aromatic N) is 2. The van der Waals surface area contributed by atoms with E-state index in [9.17, 15) is 0 Å². The Labute approximate surface area is 217 Å². The Morgan fingerprint density at radius 2 is 1.30 bits per heavy atom. The van der Waals surface area contributed by atoms with Gasteiger partial charge in [0, 0.05) is 53.5 Å². The third kappa shape index (κ3) is 3.18. The number of benzene rings is 5. The van der Waals surface area contributed by atoms with Crippen molar-refractivity contribution in [1.29, 1.82) is 0 Å². The number of thiophene rings is 1. The molecule has 3 heterocycles. The van der Waals surface area contributed by atoms with Crippen LogP contribution in [0.1, 0.15) is 0 Å². The average Bonchev–Trinajstić information content (AvgIpc) is 3.34. The molecule has 0 aliphatic carbocycles. The van der Waals surface area contributed by atoms with Crippen LogP contribution in [0, 0.1) is 0 Å². The highest BCUT2D eigenvalue weighted by Crippen LogP contribution is 2.39. The highest BCUT2D eigenvalue weighted by atomic mass is 32.1. The zero-order valence-electron chi connectivity index (χ0n) is 19.8. The molecule has 172 valence electrons. The maximum Gasteiger partial charge on any atom is 0.0788 e. The van der Waals surface area contributed by atoms with E-state index in [-0.39, 0.29) is 0 Å². The molecule has 0 radical (unpaired) electrons. The van der Waals surface area contributed by atoms with E-state index in [0.29, 0.717) is 0 Å². The quantitative estimate of drug-likeness (QED) is 0.226. The number of hydrogen-bond donors (Lipinski definition) is 0. The lowest BCUT2D eigenvalue weighted by Gasteiger charge is -2.13. The van der Waals surface area contributed by atoms with Crippen LogP contribution in [0.15, 0.2) is 121 Å². The number of hydrogen-bond acceptors (Lipinski definition) is 3.